The van der Waals surface area contributed by atoms with E-state index in [4.69, 9.17) is 39.5 Å². The van der Waals surface area contributed by atoms with Gasteiger partial charge >= 0.3 is 11.4 Å². The average molecular weight is 1650 g/mol. The van der Waals surface area contributed by atoms with E-state index < -0.39 is 31.2 Å². The van der Waals surface area contributed by atoms with Crippen molar-refractivity contribution >= 4 is 54.8 Å². The Morgan fingerprint density at radius 2 is 0.533 bits per heavy atom. The number of hydrogen-bond acceptors (Lipinski definition) is 15. The number of benzene rings is 12. The maximum atomic E-state index is 11.8. The number of sulfone groups is 2. The van der Waals surface area contributed by atoms with Crippen LogP contribution in [0.2, 0.25) is 0 Å². The number of nitrogens with zero attached hydrogens (tertiary/aromatic N) is 4. The summed E-state index contributed by atoms with van der Waals surface area (Å²) in [7, 11) is 3.26. The van der Waals surface area contributed by atoms with Gasteiger partial charge in [-0.1, -0.05) is 208 Å². The number of hydrogen-bond donors (Lipinski definition) is 3. The Labute approximate surface area is 701 Å². The van der Waals surface area contributed by atoms with E-state index in [2.05, 4.69) is 171 Å². The molecular formula is C99H96N4O15S2. The molecule has 0 heterocycles. The van der Waals surface area contributed by atoms with Crippen molar-refractivity contribution < 1.29 is 79.7 Å². The van der Waals surface area contributed by atoms with Gasteiger partial charge in [-0.05, 0) is 189 Å². The quantitative estimate of drug-likeness (QED) is 0.0323. The Morgan fingerprint density at radius 3 is 0.775 bits per heavy atom. The highest BCUT2D eigenvalue weighted by atomic mass is 32.2. The van der Waals surface area contributed by atoms with Gasteiger partial charge in [0.2, 0.25) is 0 Å². The molecule has 0 saturated heterocycles. The minimum Gasteiger partial charge on any atom is -0.497 e. The molecule has 2 aliphatic carbocycles. The number of methoxy groups -OCH3 is 6. The molecule has 1 unspecified atom stereocenters. The summed E-state index contributed by atoms with van der Waals surface area (Å²) in [5.41, 5.74) is 33.1. The molecule has 12 aromatic carbocycles. The third kappa shape index (κ3) is 20.5. The number of fused-ring (bicyclic) bond motifs is 2. The zero-order valence-electron chi connectivity index (χ0n) is 68.9. The van der Waals surface area contributed by atoms with E-state index in [-0.39, 0.29) is 74.3 Å². The number of aliphatic hydroxyl groups is 3. The first kappa shape index (κ1) is 89.2. The number of Topliss-reactive ketones (excluding diaryl/α,β-unsaturated/α-hetero) is 2. The fourth-order valence-electron chi connectivity index (χ4n) is 14.4. The highest BCUT2D eigenvalue weighted by Crippen LogP contribution is 2.44. The fourth-order valence-corrected chi connectivity index (χ4v) is 16.2. The zero-order valence-corrected chi connectivity index (χ0v) is 70.5. The molecule has 0 amide bonds. The van der Waals surface area contributed by atoms with Crippen LogP contribution in [0.3, 0.4) is 0 Å². The second-order valence-corrected chi connectivity index (χ2v) is 33.2. The molecule has 19 nitrogen and oxygen atoms in total. The lowest BCUT2D eigenvalue weighted by Crippen LogP contribution is -2.26. The summed E-state index contributed by atoms with van der Waals surface area (Å²) < 4.78 is 78.1. The lowest BCUT2D eigenvalue weighted by Gasteiger charge is -2.33. The zero-order chi connectivity index (χ0) is 86.5. The molecule has 21 heteroatoms. The molecule has 0 bridgehead atoms. The third-order valence-corrected chi connectivity index (χ3v) is 24.0. The standard InChI is InChI=1S/C32H34O3.C23H24O3.C22H22O3.2C11H8N2O3S/c1-31(2,25-14-18-29(34-4)19-15-25)24-10-12-27(13-11-24)32(3,26-8-6-23(22-33)7-9-26)28-16-20-30(35-5)21-17-28;1-23(18-6-4-17(16-24)5-7-18,19-8-12-21(25-2)13-9-19)20-10-14-22(26-3)15-11-20;1-24-20-11-7-18(8-12-20)22(17-5-3-16(15-23)4-6-17)19-9-13-21(25-2)14-10-19;2*1-17(15,16)10-4-2-3-8-7(10)5-6-9(13-12)11(8)14/h6-21,33H,22H2,1-5H3;4-15,24H,16H2,1-3H3;3-14,22-23H,15H2,1-2H3;2*2-6H,1H3. The van der Waals surface area contributed by atoms with E-state index in [1.165, 1.54) is 116 Å². The molecule has 14 rings (SSSR count). The Hall–Kier alpha value is -13.2. The molecule has 0 fully saturated rings. The molecule has 0 spiro atoms. The topological polar surface area (TPSA) is 291 Å². The summed E-state index contributed by atoms with van der Waals surface area (Å²) in [6, 6.07) is 91.5. The van der Waals surface area contributed by atoms with Crippen LogP contribution in [0.1, 0.15) is 143 Å². The van der Waals surface area contributed by atoms with Gasteiger partial charge in [0, 0.05) is 69.1 Å². The van der Waals surface area contributed by atoms with Gasteiger partial charge in [-0.25, -0.2) is 16.8 Å². The van der Waals surface area contributed by atoms with Gasteiger partial charge in [-0.2, -0.15) is 9.58 Å². The second-order valence-electron chi connectivity index (χ2n) is 29.2. The van der Waals surface area contributed by atoms with Gasteiger partial charge in [0.05, 0.1) is 72.3 Å². The molecule has 0 aromatic heterocycles. The lowest BCUT2D eigenvalue weighted by molar-refractivity contribution is -0.00459. The molecule has 1 atom stereocenters. The lowest BCUT2D eigenvalue weighted by atomic mass is 9.70. The van der Waals surface area contributed by atoms with Crippen molar-refractivity contribution in [1.29, 1.82) is 0 Å². The number of allylic oxidation sites excluding steroid dienone is 2. The molecule has 2 aliphatic rings. The number of carbonyl (C=O) groups excluding carboxylic acids is 2. The summed E-state index contributed by atoms with van der Waals surface area (Å²) in [5.74, 6) is 4.17. The highest BCUT2D eigenvalue weighted by Gasteiger charge is 2.35. The van der Waals surface area contributed by atoms with Gasteiger partial charge in [-0.15, -0.1) is 0 Å². The van der Waals surface area contributed by atoms with Crippen molar-refractivity contribution in [3.63, 3.8) is 0 Å². The summed E-state index contributed by atoms with van der Waals surface area (Å²) in [6.07, 6.45) is 7.66. The van der Waals surface area contributed by atoms with Crippen molar-refractivity contribution in [2.45, 2.75) is 79.5 Å². The largest absolute Gasteiger partial charge is 0.497 e. The van der Waals surface area contributed by atoms with Gasteiger partial charge in [0.25, 0.3) is 11.6 Å². The molecule has 12 aromatic rings. The van der Waals surface area contributed by atoms with Gasteiger partial charge in [0.1, 0.15) is 34.5 Å². The predicted molar refractivity (Wildman–Crippen MR) is 469 cm³/mol. The Bertz CT molecular complexity index is 5570. The van der Waals surface area contributed by atoms with Crippen LogP contribution in [0.4, 0.5) is 0 Å². The number of aliphatic hydroxyl groups excluding tert-OH is 3. The van der Waals surface area contributed by atoms with Crippen LogP contribution in [0.15, 0.2) is 301 Å². The molecular weight excluding hydrogens is 1550 g/mol. The number of ketones is 2. The van der Waals surface area contributed by atoms with Crippen molar-refractivity contribution in [2.24, 2.45) is 0 Å². The van der Waals surface area contributed by atoms with E-state index in [0.717, 1.165) is 69.3 Å². The molecule has 3 N–H and O–H groups in total. The van der Waals surface area contributed by atoms with Crippen molar-refractivity contribution in [3.05, 3.63) is 402 Å². The number of ether oxygens (including phenoxy) is 6. The SMILES string of the molecule is COc1ccc(C(C)(C)c2ccc(C(C)(c3ccc(CO)cc3)c3ccc(OC)cc3)cc2)cc1.COc1ccc(C(C)(c2ccc(CO)cc2)c2ccc(OC)cc2)cc1.COc1ccc(C(c2ccc(CO)cc2)c2ccc(OC)cc2)cc1.CS(=O)(=O)c1cccc2c1C=CC(=[N+]=[N-])C2=O.CS(=O)(=O)c1cccc2c1C=CC(=[N+]=[N-])C2=O. The smallest absolute Gasteiger partial charge is 0.362 e. The maximum Gasteiger partial charge on any atom is 0.362 e. The first-order chi connectivity index (χ1) is 57.6. The van der Waals surface area contributed by atoms with Crippen LogP contribution in [-0.2, 0) is 55.7 Å². The molecule has 0 saturated carbocycles. The number of rotatable bonds is 22. The van der Waals surface area contributed by atoms with Crippen molar-refractivity contribution in [3.8, 4) is 34.5 Å². The second kappa shape index (κ2) is 39.8. The monoisotopic (exact) mass is 1640 g/mol. The van der Waals surface area contributed by atoms with Gasteiger partial charge in [-0.3, -0.25) is 9.59 Å². The maximum absolute atomic E-state index is 11.8. The van der Waals surface area contributed by atoms with E-state index in [1.807, 2.05) is 109 Å². The van der Waals surface area contributed by atoms with E-state index in [0.29, 0.717) is 11.1 Å². The Morgan fingerprint density at radius 1 is 0.317 bits per heavy atom. The Kier molecular flexibility index (Phi) is 29.6. The van der Waals surface area contributed by atoms with Gasteiger partial charge in [0.15, 0.2) is 19.7 Å². The Balaban J connectivity index is 0.000000162. The van der Waals surface area contributed by atoms with Crippen LogP contribution in [0.5, 0.6) is 34.5 Å². The predicted octanol–water partition coefficient (Wildman–Crippen LogP) is 17.7. The van der Waals surface area contributed by atoms with E-state index in [9.17, 15) is 41.7 Å². The van der Waals surface area contributed by atoms with Crippen molar-refractivity contribution in [1.82, 2.24) is 0 Å². The fraction of sp³-hybridized carbons (Fsp3) is 0.192. The van der Waals surface area contributed by atoms with E-state index in [1.54, 1.807) is 42.7 Å². The van der Waals surface area contributed by atoms with Crippen LogP contribution in [0.25, 0.3) is 23.2 Å². The third-order valence-electron chi connectivity index (χ3n) is 21.7. The normalized spacial score (nSPS) is 12.6. The summed E-state index contributed by atoms with van der Waals surface area (Å²) in [6.45, 7) is 9.10. The summed E-state index contributed by atoms with van der Waals surface area (Å²) in [4.78, 5) is 29.5. The first-order valence-corrected chi connectivity index (χ1v) is 42.0. The van der Waals surface area contributed by atoms with Crippen LogP contribution in [0, 0.1) is 0 Å². The minimum absolute atomic E-state index is 0.0364. The molecule has 0 aliphatic heterocycles. The minimum atomic E-state index is -3.40. The van der Waals surface area contributed by atoms with Crippen LogP contribution < -0.4 is 28.4 Å². The first-order valence-electron chi connectivity index (χ1n) is 38.2. The molecule has 614 valence electrons. The molecule has 0 radical (unpaired) electrons. The van der Waals surface area contributed by atoms with Gasteiger partial charge < -0.3 is 54.8 Å². The van der Waals surface area contributed by atoms with Crippen LogP contribution in [-0.4, -0.2) is 120 Å². The van der Waals surface area contributed by atoms with Crippen molar-refractivity contribution in [2.75, 3.05) is 55.2 Å². The highest BCUT2D eigenvalue weighted by molar-refractivity contribution is 7.91. The molecule has 120 heavy (non-hydrogen) atoms. The summed E-state index contributed by atoms with van der Waals surface area (Å²) in [5, 5.41) is 28.2. The van der Waals surface area contributed by atoms with E-state index >= 15 is 0 Å². The van der Waals surface area contributed by atoms with Crippen LogP contribution >= 0.6 is 0 Å². The summed E-state index contributed by atoms with van der Waals surface area (Å²) >= 11 is 0. The average Bonchev–Trinajstić information content (AvgIpc) is 0.766. The number of carbonyl (C=O) groups is 2.